The first-order valence-corrected chi connectivity index (χ1v) is 14.4. The van der Waals surface area contributed by atoms with Crippen molar-refractivity contribution in [3.8, 4) is 0 Å². The van der Waals surface area contributed by atoms with Crippen LogP contribution in [0.4, 0.5) is 15.8 Å². The molecule has 0 saturated carbocycles. The number of benzene rings is 1. The lowest BCUT2D eigenvalue weighted by atomic mass is 9.99. The van der Waals surface area contributed by atoms with Crippen molar-refractivity contribution in [3.63, 3.8) is 0 Å². The Hall–Kier alpha value is -4.23. The number of likely N-dealkylation sites (tertiary alicyclic amines) is 1. The normalized spacial score (nSPS) is 14.2. The van der Waals surface area contributed by atoms with Crippen LogP contribution in [0.2, 0.25) is 5.02 Å². The highest BCUT2D eigenvalue weighted by Crippen LogP contribution is 2.29. The molecule has 44 heavy (non-hydrogen) atoms. The maximum Gasteiger partial charge on any atom is 0.332 e. The molecule has 0 unspecified atom stereocenters. The predicted molar refractivity (Wildman–Crippen MR) is 164 cm³/mol. The molecule has 12 nitrogen and oxygen atoms in total. The van der Waals surface area contributed by atoms with Gasteiger partial charge in [-0.3, -0.25) is 19.0 Å². The number of nitrogen functional groups attached to an aromatic ring is 1. The van der Waals surface area contributed by atoms with Crippen molar-refractivity contribution >= 4 is 51.8 Å². The fourth-order valence-corrected chi connectivity index (χ4v) is 4.78. The molecule has 0 aliphatic carbocycles. The van der Waals surface area contributed by atoms with E-state index < -0.39 is 41.2 Å². The van der Waals surface area contributed by atoms with Gasteiger partial charge in [0.25, 0.3) is 11.5 Å². The van der Waals surface area contributed by atoms with Gasteiger partial charge in [-0.05, 0) is 51.5 Å². The average Bonchev–Trinajstić information content (AvgIpc) is 2.92. The van der Waals surface area contributed by atoms with E-state index in [-0.39, 0.29) is 56.3 Å². The Morgan fingerprint density at radius 2 is 1.86 bits per heavy atom. The van der Waals surface area contributed by atoms with E-state index in [0.29, 0.717) is 16.1 Å². The Kier molecular flexibility index (Phi) is 9.79. The second-order valence-electron chi connectivity index (χ2n) is 11.8. The van der Waals surface area contributed by atoms with E-state index in [2.05, 4.69) is 15.6 Å². The first kappa shape index (κ1) is 32.7. The fraction of sp³-hybridized carbons (Fsp3) is 0.433. The largest absolute Gasteiger partial charge is 0.458 e. The number of halogens is 2. The molecule has 14 heteroatoms. The minimum Gasteiger partial charge on any atom is -0.458 e. The molecule has 4 N–H and O–H groups in total. The van der Waals surface area contributed by atoms with Crippen molar-refractivity contribution in [2.75, 3.05) is 43.9 Å². The molecular weight excluding hydrogens is 595 g/mol. The monoisotopic (exact) mass is 630 g/mol. The number of rotatable bonds is 11. The third-order valence-electron chi connectivity index (χ3n) is 6.63. The summed E-state index contributed by atoms with van der Waals surface area (Å²) in [7, 11) is 0. The van der Waals surface area contributed by atoms with Gasteiger partial charge in [0, 0.05) is 23.5 Å². The molecule has 3 heterocycles. The highest BCUT2D eigenvalue weighted by Gasteiger charge is 2.41. The lowest BCUT2D eigenvalue weighted by Crippen LogP contribution is -2.60. The fourth-order valence-electron chi connectivity index (χ4n) is 4.65. The van der Waals surface area contributed by atoms with Crippen LogP contribution in [0.25, 0.3) is 11.0 Å². The number of esters is 1. The van der Waals surface area contributed by atoms with Crippen molar-refractivity contribution in [1.82, 2.24) is 19.8 Å². The molecule has 0 spiro atoms. The molecule has 0 bridgehead atoms. The van der Waals surface area contributed by atoms with Crippen LogP contribution in [0.5, 0.6) is 0 Å². The molecule has 0 radical (unpaired) electrons. The van der Waals surface area contributed by atoms with Crippen LogP contribution in [-0.4, -0.2) is 76.4 Å². The summed E-state index contributed by atoms with van der Waals surface area (Å²) in [5.74, 6) is -1.68. The van der Waals surface area contributed by atoms with Gasteiger partial charge < -0.3 is 30.7 Å². The van der Waals surface area contributed by atoms with Gasteiger partial charge in [-0.15, -0.1) is 0 Å². The highest BCUT2D eigenvalue weighted by atomic mass is 35.5. The van der Waals surface area contributed by atoms with Gasteiger partial charge >= 0.3 is 5.97 Å². The second-order valence-corrected chi connectivity index (χ2v) is 12.2. The zero-order chi connectivity index (χ0) is 32.2. The lowest BCUT2D eigenvalue weighted by molar-refractivity contribution is -0.160. The molecule has 2 amide bonds. The first-order valence-electron chi connectivity index (χ1n) is 14.0. The highest BCUT2D eigenvalue weighted by molar-refractivity contribution is 6.30. The summed E-state index contributed by atoms with van der Waals surface area (Å²) in [5.41, 5.74) is 4.54. The third kappa shape index (κ3) is 8.23. The van der Waals surface area contributed by atoms with Gasteiger partial charge in [-0.2, -0.15) is 0 Å². The molecule has 3 aromatic rings. The second kappa shape index (κ2) is 13.2. The van der Waals surface area contributed by atoms with Crippen molar-refractivity contribution < 1.29 is 28.2 Å². The molecule has 0 atom stereocenters. The number of hydrogen-bond donors (Lipinski definition) is 3. The SMILES string of the molecule is CC1(F)CN(C(=O)Cn2c(=O)c(C(=O)NCc3ccc(Cl)cc3)cc3c(NCCOCC(=O)OC(C)(C)C)c(N)cnc32)C1. The molecule has 236 valence electrons. The Morgan fingerprint density at radius 3 is 2.50 bits per heavy atom. The summed E-state index contributed by atoms with van der Waals surface area (Å²) in [4.78, 5) is 57.4. The minimum absolute atomic E-state index is 0.101. The quantitative estimate of drug-likeness (QED) is 0.214. The van der Waals surface area contributed by atoms with Gasteiger partial charge in [0.2, 0.25) is 5.91 Å². The number of nitrogens with two attached hydrogens (primary N) is 1. The van der Waals surface area contributed by atoms with Crippen LogP contribution in [0.1, 0.15) is 43.6 Å². The molecule has 1 aliphatic heterocycles. The van der Waals surface area contributed by atoms with Crippen LogP contribution in [0, 0.1) is 0 Å². The Bertz CT molecular complexity index is 1610. The number of hydrogen-bond acceptors (Lipinski definition) is 9. The van der Waals surface area contributed by atoms with Crippen LogP contribution in [0.15, 0.2) is 41.3 Å². The van der Waals surface area contributed by atoms with Crippen molar-refractivity contribution in [2.45, 2.75) is 52.1 Å². The maximum atomic E-state index is 14.1. The smallest absolute Gasteiger partial charge is 0.332 e. The summed E-state index contributed by atoms with van der Waals surface area (Å²) < 4.78 is 25.8. The van der Waals surface area contributed by atoms with E-state index >= 15 is 0 Å². The Balaban J connectivity index is 1.60. The van der Waals surface area contributed by atoms with Crippen LogP contribution >= 0.6 is 11.6 Å². The summed E-state index contributed by atoms with van der Waals surface area (Å²) in [6, 6.07) is 8.21. The first-order chi connectivity index (χ1) is 20.6. The minimum atomic E-state index is -1.50. The Labute approximate surface area is 258 Å². The summed E-state index contributed by atoms with van der Waals surface area (Å²) in [5, 5.41) is 6.68. The van der Waals surface area contributed by atoms with Crippen LogP contribution in [0.3, 0.4) is 0 Å². The average molecular weight is 631 g/mol. The lowest BCUT2D eigenvalue weighted by Gasteiger charge is -2.42. The molecular formula is C30H36ClFN6O6. The number of aromatic nitrogens is 2. The number of ether oxygens (including phenoxy) is 2. The number of carbonyl (C=O) groups is 3. The van der Waals surface area contributed by atoms with Crippen molar-refractivity contribution in [2.24, 2.45) is 0 Å². The zero-order valence-electron chi connectivity index (χ0n) is 25.0. The number of anilines is 2. The Morgan fingerprint density at radius 1 is 1.18 bits per heavy atom. The van der Waals surface area contributed by atoms with Gasteiger partial charge in [0.1, 0.15) is 35.6 Å². The zero-order valence-corrected chi connectivity index (χ0v) is 25.8. The third-order valence-corrected chi connectivity index (χ3v) is 6.88. The number of fused-ring (bicyclic) bond motifs is 1. The van der Waals surface area contributed by atoms with Gasteiger partial charge in [0.15, 0.2) is 0 Å². The molecule has 4 rings (SSSR count). The van der Waals surface area contributed by atoms with Gasteiger partial charge in [-0.1, -0.05) is 23.7 Å². The van der Waals surface area contributed by atoms with Gasteiger partial charge in [-0.25, -0.2) is 14.2 Å². The van der Waals surface area contributed by atoms with Gasteiger partial charge in [0.05, 0.1) is 37.3 Å². The van der Waals surface area contributed by atoms with Crippen molar-refractivity contribution in [1.29, 1.82) is 0 Å². The number of nitrogens with zero attached hydrogens (tertiary/aromatic N) is 3. The standard InChI is InChI=1S/C30H36ClFN6O6/c1-29(2,3)44-24(40)15-43-10-9-34-25-20-11-21(27(41)36-12-18-5-7-19(31)8-6-18)28(42)38(26(20)35-13-22(25)33)14-23(39)37-16-30(4,32)17-37/h5-8,11,13H,9-10,12,14-17,33H2,1-4H3,(H,34,35)(H,36,41). The number of nitrogens with one attached hydrogen (secondary N) is 2. The number of alkyl halides is 1. The van der Waals surface area contributed by atoms with E-state index in [1.54, 1.807) is 45.0 Å². The molecule has 1 aliphatic rings. The van der Waals surface area contributed by atoms with Crippen LogP contribution in [-0.2, 0) is 32.2 Å². The molecule has 1 fully saturated rings. The van der Waals surface area contributed by atoms with E-state index in [4.69, 9.17) is 26.8 Å². The van der Waals surface area contributed by atoms with E-state index in [1.165, 1.54) is 24.1 Å². The molecule has 2 aromatic heterocycles. The predicted octanol–water partition coefficient (Wildman–Crippen LogP) is 2.90. The topological polar surface area (TPSA) is 158 Å². The molecule has 1 aromatic carbocycles. The van der Waals surface area contributed by atoms with E-state index in [0.717, 1.165) is 10.1 Å². The van der Waals surface area contributed by atoms with Crippen molar-refractivity contribution in [3.05, 3.63) is 63.0 Å². The number of amides is 2. The maximum absolute atomic E-state index is 14.1. The van der Waals surface area contributed by atoms with E-state index in [9.17, 15) is 23.6 Å². The summed E-state index contributed by atoms with van der Waals surface area (Å²) in [6.07, 6.45) is 1.33. The van der Waals surface area contributed by atoms with Crippen LogP contribution < -0.4 is 21.9 Å². The number of pyridine rings is 2. The summed E-state index contributed by atoms with van der Waals surface area (Å²) in [6.45, 7) is 6.16. The summed E-state index contributed by atoms with van der Waals surface area (Å²) >= 11 is 5.94. The van der Waals surface area contributed by atoms with E-state index in [1.807, 2.05) is 0 Å². The molecule has 1 saturated heterocycles. The number of carbonyl (C=O) groups excluding carboxylic acids is 3.